The Hall–Kier alpha value is -2.93. The molecule has 0 saturated carbocycles. The van der Waals surface area contributed by atoms with Crippen molar-refractivity contribution in [3.63, 3.8) is 0 Å². The molecule has 55 heavy (non-hydrogen) atoms. The van der Waals surface area contributed by atoms with Gasteiger partial charge in [0.15, 0.2) is 17.7 Å². The molecule has 0 spiro atoms. The van der Waals surface area contributed by atoms with Crippen molar-refractivity contribution < 1.29 is 80.5 Å². The summed E-state index contributed by atoms with van der Waals surface area (Å²) in [6.45, 7) is 0.106. The van der Waals surface area contributed by atoms with E-state index in [2.05, 4.69) is 33.8 Å². The lowest BCUT2D eigenvalue weighted by molar-refractivity contribution is -0.137. The standard InChI is InChI=1S/C26H35ClN7O17P3S/c1-26(2,20(37)23(38)29-8-7-16(35)33-55-25(39)13-3-5-14(27)6-4-13)10-48-54(45,46)51-53(43,44)47-9-15-19(50-52(40,41)42)18(36)24(49-15)34-12-32-17-21(28)30-11-31-22(17)34/h3-6,11-12,15,18-20,24,36-37H,7-10H2,1-2H3,(H,29,38)(H,33,35)(H,43,44)(H,45,46)(H2,28,30,31)(H2,40,41,42)/t15-,18-,19-,20+,24-/m1/s1. The number of phosphoric acid groups is 3. The summed E-state index contributed by atoms with van der Waals surface area (Å²) >= 11 is 6.29. The average molecular weight is 878 g/mol. The Labute approximate surface area is 319 Å². The second kappa shape index (κ2) is 18.1. The van der Waals surface area contributed by atoms with E-state index in [0.717, 1.165) is 17.2 Å². The zero-order valence-corrected chi connectivity index (χ0v) is 32.6. The molecule has 7 atom stereocenters. The molecule has 3 aromatic rings. The molecule has 1 aromatic carbocycles. The fraction of sp³-hybridized carbons (Fsp3) is 0.462. The molecule has 1 aliphatic heterocycles. The van der Waals surface area contributed by atoms with E-state index < -0.39 is 89.7 Å². The van der Waals surface area contributed by atoms with Gasteiger partial charge in [-0.05, 0) is 24.3 Å². The number of nitrogens with two attached hydrogens (primary N) is 1. The van der Waals surface area contributed by atoms with Gasteiger partial charge in [0, 0.05) is 40.9 Å². The first kappa shape index (κ1) is 44.8. The Morgan fingerprint density at radius 1 is 1.07 bits per heavy atom. The van der Waals surface area contributed by atoms with Crippen LogP contribution in [0.2, 0.25) is 5.02 Å². The molecule has 0 aliphatic carbocycles. The van der Waals surface area contributed by atoms with Crippen molar-refractivity contribution in [2.24, 2.45) is 5.41 Å². The van der Waals surface area contributed by atoms with Crippen LogP contribution < -0.4 is 15.8 Å². The number of carbonyl (C=O) groups excluding carboxylic acids is 3. The van der Waals surface area contributed by atoms with Gasteiger partial charge in [-0.25, -0.2) is 28.6 Å². The number of benzene rings is 1. The van der Waals surface area contributed by atoms with Crippen LogP contribution in [0.4, 0.5) is 5.82 Å². The van der Waals surface area contributed by atoms with Crippen LogP contribution in [0, 0.1) is 5.41 Å². The van der Waals surface area contributed by atoms with E-state index in [0.29, 0.717) is 17.0 Å². The lowest BCUT2D eigenvalue weighted by Crippen LogP contribution is -2.46. The van der Waals surface area contributed by atoms with Gasteiger partial charge < -0.3 is 45.6 Å². The third kappa shape index (κ3) is 12.5. The summed E-state index contributed by atoms with van der Waals surface area (Å²) in [5, 5.41) is 23.6. The minimum absolute atomic E-state index is 0.0236. The second-order valence-corrected chi connectivity index (χ2v) is 17.6. The van der Waals surface area contributed by atoms with Crippen molar-refractivity contribution in [2.75, 3.05) is 25.5 Å². The van der Waals surface area contributed by atoms with Crippen LogP contribution in [0.3, 0.4) is 0 Å². The maximum absolute atomic E-state index is 12.7. The van der Waals surface area contributed by atoms with E-state index in [-0.39, 0.29) is 35.5 Å². The van der Waals surface area contributed by atoms with E-state index in [1.165, 1.54) is 38.1 Å². The van der Waals surface area contributed by atoms with Gasteiger partial charge in [-0.15, -0.1) is 0 Å². The number of carbonyl (C=O) groups is 3. The maximum atomic E-state index is 12.7. The molecule has 24 nitrogen and oxygen atoms in total. The number of imidazole rings is 1. The van der Waals surface area contributed by atoms with E-state index in [9.17, 15) is 57.9 Å². The predicted octanol–water partition coefficient (Wildman–Crippen LogP) is 0.547. The third-order valence-electron chi connectivity index (χ3n) is 7.42. The first-order valence-corrected chi connectivity index (χ1v) is 21.1. The number of phosphoric ester groups is 3. The minimum atomic E-state index is -5.58. The quantitative estimate of drug-likeness (QED) is 0.0660. The molecule has 304 valence electrons. The summed E-state index contributed by atoms with van der Waals surface area (Å²) in [6.07, 6.45) is -7.13. The normalized spacial score (nSPS) is 21.8. The number of nitrogen functional groups attached to an aromatic ring is 1. The van der Waals surface area contributed by atoms with E-state index in [1.54, 1.807) is 0 Å². The van der Waals surface area contributed by atoms with Gasteiger partial charge in [0.25, 0.3) is 0 Å². The molecule has 29 heteroatoms. The van der Waals surface area contributed by atoms with Crippen molar-refractivity contribution in [3.8, 4) is 0 Å². The molecule has 1 saturated heterocycles. The lowest BCUT2D eigenvalue weighted by Gasteiger charge is -2.30. The highest BCUT2D eigenvalue weighted by atomic mass is 35.5. The second-order valence-electron chi connectivity index (χ2n) is 12.1. The Bertz CT molecular complexity index is 2020. The molecule has 3 heterocycles. The van der Waals surface area contributed by atoms with E-state index >= 15 is 0 Å². The highest BCUT2D eigenvalue weighted by Gasteiger charge is 2.50. The Morgan fingerprint density at radius 2 is 1.73 bits per heavy atom. The highest BCUT2D eigenvalue weighted by Crippen LogP contribution is 2.61. The van der Waals surface area contributed by atoms with Crippen LogP contribution in [0.25, 0.3) is 11.2 Å². The molecule has 1 fully saturated rings. The summed E-state index contributed by atoms with van der Waals surface area (Å²) in [5.74, 6) is -1.71. The molecule has 1 aliphatic rings. The SMILES string of the molecule is CC(C)(COP(=O)(O)OP(=O)(O)OC[C@H]1O[C@@H](n2cnc3c(N)ncnc32)[C@H](O)[C@@H]1OP(=O)(O)O)[C@@H](O)C(=O)NCCC(=O)NSC(=O)c1ccc(Cl)cc1. The van der Waals surface area contributed by atoms with Gasteiger partial charge in [-0.2, -0.15) is 4.31 Å². The average Bonchev–Trinajstić information content (AvgIpc) is 3.65. The number of hydrogen-bond donors (Lipinski definition) is 9. The largest absolute Gasteiger partial charge is 0.481 e. The van der Waals surface area contributed by atoms with Crippen molar-refractivity contribution >= 4 is 80.9 Å². The Kier molecular flexibility index (Phi) is 14.7. The van der Waals surface area contributed by atoms with Crippen LogP contribution in [0.5, 0.6) is 0 Å². The van der Waals surface area contributed by atoms with Gasteiger partial charge in [0.1, 0.15) is 36.3 Å². The monoisotopic (exact) mass is 877 g/mol. The van der Waals surface area contributed by atoms with Gasteiger partial charge >= 0.3 is 23.5 Å². The number of amides is 2. The number of hydrogen-bond acceptors (Lipinski definition) is 18. The molecular weight excluding hydrogens is 843 g/mol. The van der Waals surface area contributed by atoms with Crippen molar-refractivity contribution in [1.82, 2.24) is 29.6 Å². The summed E-state index contributed by atoms with van der Waals surface area (Å²) in [4.78, 5) is 87.7. The van der Waals surface area contributed by atoms with Crippen molar-refractivity contribution in [1.29, 1.82) is 0 Å². The number of halogens is 1. The molecule has 10 N–H and O–H groups in total. The fourth-order valence-electron chi connectivity index (χ4n) is 4.65. The molecule has 4 rings (SSSR count). The van der Waals surface area contributed by atoms with Crippen molar-refractivity contribution in [3.05, 3.63) is 47.5 Å². The number of aliphatic hydroxyl groups is 2. The van der Waals surface area contributed by atoms with E-state index in [4.69, 9.17) is 31.1 Å². The van der Waals surface area contributed by atoms with Gasteiger partial charge in [0.2, 0.25) is 16.9 Å². The van der Waals surface area contributed by atoms with E-state index in [1.807, 2.05) is 0 Å². The summed E-state index contributed by atoms with van der Waals surface area (Å²) in [6, 6.07) is 5.93. The highest BCUT2D eigenvalue weighted by molar-refractivity contribution is 8.12. The molecule has 2 amide bonds. The maximum Gasteiger partial charge on any atom is 0.481 e. The predicted molar refractivity (Wildman–Crippen MR) is 188 cm³/mol. The molecule has 0 radical (unpaired) electrons. The number of aromatic nitrogens is 4. The number of nitrogens with one attached hydrogen (secondary N) is 2. The Balaban J connectivity index is 1.27. The smallest absolute Gasteiger partial charge is 0.386 e. The molecule has 0 bridgehead atoms. The van der Waals surface area contributed by atoms with Crippen LogP contribution in [0.15, 0.2) is 36.9 Å². The topological polar surface area (TPSA) is 364 Å². The van der Waals surface area contributed by atoms with Gasteiger partial charge in [-0.3, -0.25) is 37.2 Å². The number of rotatable bonds is 17. The lowest BCUT2D eigenvalue weighted by atomic mass is 9.87. The molecular formula is C26H35ClN7O17P3S. The summed E-state index contributed by atoms with van der Waals surface area (Å²) < 4.78 is 64.3. The first-order valence-electron chi connectivity index (χ1n) is 15.4. The molecule has 2 unspecified atom stereocenters. The number of nitrogens with zero attached hydrogens (tertiary/aromatic N) is 4. The summed E-state index contributed by atoms with van der Waals surface area (Å²) in [5.41, 5.74) is 4.49. The minimum Gasteiger partial charge on any atom is -0.386 e. The fourth-order valence-corrected chi connectivity index (χ4v) is 8.17. The summed E-state index contributed by atoms with van der Waals surface area (Å²) in [7, 11) is -16.4. The van der Waals surface area contributed by atoms with Crippen molar-refractivity contribution in [2.45, 2.75) is 50.9 Å². The molecule has 2 aromatic heterocycles. The van der Waals surface area contributed by atoms with Crippen LogP contribution >= 0.6 is 47.0 Å². The third-order valence-corrected chi connectivity index (χ3v) is 11.5. The van der Waals surface area contributed by atoms with Gasteiger partial charge in [0.05, 0.1) is 19.5 Å². The van der Waals surface area contributed by atoms with Crippen LogP contribution in [-0.4, -0.2) is 110 Å². The number of aliphatic hydroxyl groups excluding tert-OH is 2. The Morgan fingerprint density at radius 3 is 2.38 bits per heavy atom. The first-order chi connectivity index (χ1) is 25.5. The zero-order valence-electron chi connectivity index (χ0n) is 28.3. The zero-order chi connectivity index (χ0) is 40.9. The van der Waals surface area contributed by atoms with Crippen LogP contribution in [-0.2, 0) is 45.9 Å². The number of fused-ring (bicyclic) bond motifs is 1. The van der Waals surface area contributed by atoms with Gasteiger partial charge in [-0.1, -0.05) is 25.4 Å². The number of anilines is 1. The van der Waals surface area contributed by atoms with Crippen LogP contribution in [0.1, 0.15) is 36.9 Å². The number of ether oxygens (including phenoxy) is 1.